The Balaban J connectivity index is 1.47. The third-order valence-electron chi connectivity index (χ3n) is 4.95. The minimum Gasteiger partial charge on any atom is -0.485 e. The molecule has 0 atom stereocenters. The highest BCUT2D eigenvalue weighted by Crippen LogP contribution is 2.25. The van der Waals surface area contributed by atoms with Crippen molar-refractivity contribution in [2.24, 2.45) is 0 Å². The Labute approximate surface area is 189 Å². The van der Waals surface area contributed by atoms with E-state index in [1.54, 1.807) is 36.4 Å². The molecule has 2 heterocycles. The standard InChI is InChI=1S/C24H21ClN4O3/c1-15-7-9-18(11-16(15)2)27-24(31)28-20-5-3-4-6-21(20)32-14-19-12-23(30)29-13-17(25)8-10-22(29)26-19/h3-13H,14H2,1-2H3,(H2,27,28,31). The highest BCUT2D eigenvalue weighted by atomic mass is 35.5. The molecule has 0 bridgehead atoms. The van der Waals surface area contributed by atoms with E-state index in [0.717, 1.165) is 11.1 Å². The molecule has 0 aliphatic heterocycles. The zero-order valence-corrected chi connectivity index (χ0v) is 18.3. The van der Waals surface area contributed by atoms with Gasteiger partial charge >= 0.3 is 6.03 Å². The number of aromatic nitrogens is 2. The molecule has 32 heavy (non-hydrogen) atoms. The molecule has 0 radical (unpaired) electrons. The van der Waals surface area contributed by atoms with Crippen LogP contribution in [0, 0.1) is 13.8 Å². The number of benzene rings is 2. The van der Waals surface area contributed by atoms with Crippen LogP contribution in [0.1, 0.15) is 16.8 Å². The van der Waals surface area contributed by atoms with Crippen LogP contribution in [0.2, 0.25) is 5.02 Å². The second-order valence-electron chi connectivity index (χ2n) is 7.32. The lowest BCUT2D eigenvalue weighted by Crippen LogP contribution is -2.20. The first kappa shape index (κ1) is 21.4. The number of carbonyl (C=O) groups is 1. The maximum absolute atomic E-state index is 12.5. The van der Waals surface area contributed by atoms with Crippen molar-refractivity contribution in [3.8, 4) is 5.75 Å². The zero-order chi connectivity index (χ0) is 22.7. The van der Waals surface area contributed by atoms with Crippen molar-refractivity contribution in [2.75, 3.05) is 10.6 Å². The van der Waals surface area contributed by atoms with Gasteiger partial charge in [-0.3, -0.25) is 9.20 Å². The Morgan fingerprint density at radius 1 is 1.03 bits per heavy atom. The number of amides is 2. The summed E-state index contributed by atoms with van der Waals surface area (Å²) < 4.78 is 7.23. The summed E-state index contributed by atoms with van der Waals surface area (Å²) in [5.41, 5.74) is 4.12. The summed E-state index contributed by atoms with van der Waals surface area (Å²) in [5.74, 6) is 0.459. The minimum atomic E-state index is -0.386. The number of nitrogens with zero attached hydrogens (tertiary/aromatic N) is 2. The van der Waals surface area contributed by atoms with Crippen LogP contribution in [0.15, 0.2) is 71.7 Å². The predicted octanol–water partition coefficient (Wildman–Crippen LogP) is 5.19. The highest BCUT2D eigenvalue weighted by molar-refractivity contribution is 6.30. The quantitative estimate of drug-likeness (QED) is 0.440. The van der Waals surface area contributed by atoms with E-state index in [1.807, 2.05) is 32.0 Å². The van der Waals surface area contributed by atoms with Crippen molar-refractivity contribution >= 4 is 34.7 Å². The van der Waals surface area contributed by atoms with Gasteiger partial charge in [0.25, 0.3) is 5.56 Å². The molecule has 7 nitrogen and oxygen atoms in total. The average Bonchev–Trinajstić information content (AvgIpc) is 2.76. The van der Waals surface area contributed by atoms with Crippen LogP contribution in [0.25, 0.3) is 5.65 Å². The molecule has 162 valence electrons. The van der Waals surface area contributed by atoms with E-state index in [4.69, 9.17) is 16.3 Å². The number of nitrogens with one attached hydrogen (secondary N) is 2. The molecule has 2 aromatic heterocycles. The van der Waals surface area contributed by atoms with E-state index in [2.05, 4.69) is 15.6 Å². The Morgan fingerprint density at radius 2 is 1.84 bits per heavy atom. The first-order valence-corrected chi connectivity index (χ1v) is 10.3. The van der Waals surface area contributed by atoms with Crippen LogP contribution in [0.5, 0.6) is 5.75 Å². The lowest BCUT2D eigenvalue weighted by Gasteiger charge is -2.13. The molecule has 2 aromatic carbocycles. The van der Waals surface area contributed by atoms with Crippen LogP contribution >= 0.6 is 11.6 Å². The molecule has 8 heteroatoms. The number of rotatable bonds is 5. The van der Waals surface area contributed by atoms with Gasteiger partial charge in [0.1, 0.15) is 18.0 Å². The number of para-hydroxylation sites is 2. The summed E-state index contributed by atoms with van der Waals surface area (Å²) in [6.45, 7) is 4.06. The first-order chi connectivity index (χ1) is 15.4. The van der Waals surface area contributed by atoms with Gasteiger partial charge in [-0.05, 0) is 61.4 Å². The molecule has 0 spiro atoms. The van der Waals surface area contributed by atoms with Gasteiger partial charge in [-0.2, -0.15) is 0 Å². The second kappa shape index (κ2) is 9.11. The lowest BCUT2D eigenvalue weighted by molar-refractivity contribution is 0.261. The first-order valence-electron chi connectivity index (χ1n) is 9.94. The fourth-order valence-electron chi connectivity index (χ4n) is 3.15. The summed E-state index contributed by atoms with van der Waals surface area (Å²) in [7, 11) is 0. The number of pyridine rings is 1. The van der Waals surface area contributed by atoms with E-state index in [1.165, 1.54) is 16.7 Å². The van der Waals surface area contributed by atoms with Crippen molar-refractivity contribution < 1.29 is 9.53 Å². The fourth-order valence-corrected chi connectivity index (χ4v) is 3.31. The van der Waals surface area contributed by atoms with Crippen molar-refractivity contribution in [2.45, 2.75) is 20.5 Å². The topological polar surface area (TPSA) is 84.7 Å². The van der Waals surface area contributed by atoms with E-state index in [-0.39, 0.29) is 18.2 Å². The van der Waals surface area contributed by atoms with Crippen LogP contribution in [-0.2, 0) is 6.61 Å². The highest BCUT2D eigenvalue weighted by Gasteiger charge is 2.10. The summed E-state index contributed by atoms with van der Waals surface area (Å²) in [5, 5.41) is 6.07. The second-order valence-corrected chi connectivity index (χ2v) is 7.76. The van der Waals surface area contributed by atoms with Crippen LogP contribution in [-0.4, -0.2) is 15.4 Å². The summed E-state index contributed by atoms with van der Waals surface area (Å²) in [6, 6.07) is 17.1. The number of urea groups is 1. The molecular formula is C24H21ClN4O3. The van der Waals surface area contributed by atoms with Crippen molar-refractivity contribution in [1.82, 2.24) is 9.38 Å². The van der Waals surface area contributed by atoms with Gasteiger partial charge in [0.2, 0.25) is 0 Å². The van der Waals surface area contributed by atoms with Crippen LogP contribution in [0.4, 0.5) is 16.2 Å². The average molecular weight is 449 g/mol. The molecule has 0 fully saturated rings. The number of fused-ring (bicyclic) bond motifs is 1. The normalized spacial score (nSPS) is 10.7. The van der Waals surface area contributed by atoms with Gasteiger partial charge in [0.15, 0.2) is 0 Å². The Kier molecular flexibility index (Phi) is 6.09. The summed E-state index contributed by atoms with van der Waals surface area (Å²) in [6.07, 6.45) is 1.52. The van der Waals surface area contributed by atoms with Gasteiger partial charge in [0.05, 0.1) is 16.4 Å². The number of anilines is 2. The number of ether oxygens (including phenoxy) is 1. The molecule has 0 unspecified atom stereocenters. The number of carbonyl (C=O) groups excluding carboxylic acids is 1. The van der Waals surface area contributed by atoms with Crippen LogP contribution < -0.4 is 20.9 Å². The van der Waals surface area contributed by atoms with Gasteiger partial charge < -0.3 is 15.4 Å². The Bertz CT molecular complexity index is 1370. The van der Waals surface area contributed by atoms with Crippen LogP contribution in [0.3, 0.4) is 0 Å². The molecule has 0 saturated heterocycles. The number of halogens is 1. The molecule has 2 amide bonds. The largest absolute Gasteiger partial charge is 0.485 e. The molecule has 0 aliphatic rings. The molecule has 4 aromatic rings. The summed E-state index contributed by atoms with van der Waals surface area (Å²) >= 11 is 5.94. The van der Waals surface area contributed by atoms with Gasteiger partial charge in [-0.1, -0.05) is 29.8 Å². The van der Waals surface area contributed by atoms with Crippen molar-refractivity contribution in [3.05, 3.63) is 99.1 Å². The van der Waals surface area contributed by atoms with E-state index >= 15 is 0 Å². The molecule has 4 rings (SSSR count). The summed E-state index contributed by atoms with van der Waals surface area (Å²) in [4.78, 5) is 29.2. The smallest absolute Gasteiger partial charge is 0.323 e. The molecular weight excluding hydrogens is 428 g/mol. The van der Waals surface area contributed by atoms with Crippen molar-refractivity contribution in [1.29, 1.82) is 0 Å². The number of hydrogen-bond donors (Lipinski definition) is 2. The van der Waals surface area contributed by atoms with Gasteiger partial charge in [0, 0.05) is 18.0 Å². The number of hydrogen-bond acceptors (Lipinski definition) is 4. The van der Waals surface area contributed by atoms with Gasteiger partial charge in [-0.25, -0.2) is 9.78 Å². The molecule has 2 N–H and O–H groups in total. The Morgan fingerprint density at radius 3 is 2.66 bits per heavy atom. The third-order valence-corrected chi connectivity index (χ3v) is 5.18. The Hall–Kier alpha value is -3.84. The monoisotopic (exact) mass is 448 g/mol. The predicted molar refractivity (Wildman–Crippen MR) is 126 cm³/mol. The molecule has 0 saturated carbocycles. The number of aryl methyl sites for hydroxylation is 2. The zero-order valence-electron chi connectivity index (χ0n) is 17.6. The SMILES string of the molecule is Cc1ccc(NC(=O)Nc2ccccc2OCc2cc(=O)n3cc(Cl)ccc3n2)cc1C. The maximum atomic E-state index is 12.5. The third kappa shape index (κ3) is 4.90. The van der Waals surface area contributed by atoms with E-state index in [9.17, 15) is 9.59 Å². The maximum Gasteiger partial charge on any atom is 0.323 e. The fraction of sp³-hybridized carbons (Fsp3) is 0.125. The van der Waals surface area contributed by atoms with Gasteiger partial charge in [-0.15, -0.1) is 0 Å². The van der Waals surface area contributed by atoms with E-state index < -0.39 is 0 Å². The minimum absolute atomic E-state index is 0.0613. The van der Waals surface area contributed by atoms with E-state index in [0.29, 0.717) is 33.5 Å². The van der Waals surface area contributed by atoms with Crippen molar-refractivity contribution in [3.63, 3.8) is 0 Å². The lowest BCUT2D eigenvalue weighted by atomic mass is 10.1. The molecule has 0 aliphatic carbocycles.